The van der Waals surface area contributed by atoms with Crippen LogP contribution in [0.1, 0.15) is 25.0 Å². The van der Waals surface area contributed by atoms with E-state index in [9.17, 15) is 5.11 Å². The third-order valence-corrected chi connectivity index (χ3v) is 3.83. The maximum atomic E-state index is 9.91. The van der Waals surface area contributed by atoms with E-state index in [1.54, 1.807) is 0 Å². The van der Waals surface area contributed by atoms with Crippen molar-refractivity contribution in [1.29, 1.82) is 5.41 Å². The Bertz CT molecular complexity index is 513. The van der Waals surface area contributed by atoms with Crippen molar-refractivity contribution in [2.24, 2.45) is 5.73 Å². The number of nitrogens with zero attached hydrogens (tertiary/aromatic N) is 2. The van der Waals surface area contributed by atoms with E-state index in [1.807, 2.05) is 26.0 Å². The molecule has 5 nitrogen and oxygen atoms in total. The van der Waals surface area contributed by atoms with Gasteiger partial charge in [-0.2, -0.15) is 0 Å². The van der Waals surface area contributed by atoms with Crippen LogP contribution in [0.15, 0.2) is 18.2 Å². The van der Waals surface area contributed by atoms with Gasteiger partial charge in [-0.3, -0.25) is 10.3 Å². The van der Waals surface area contributed by atoms with Gasteiger partial charge in [-0.15, -0.1) is 0 Å². The molecule has 0 bridgehead atoms. The molecule has 2 rings (SSSR count). The summed E-state index contributed by atoms with van der Waals surface area (Å²) < 4.78 is 0. The van der Waals surface area contributed by atoms with E-state index < -0.39 is 5.60 Å². The lowest BCUT2D eigenvalue weighted by Gasteiger charge is -2.39. The van der Waals surface area contributed by atoms with Crippen molar-refractivity contribution in [2.75, 3.05) is 37.6 Å². The molecule has 0 aliphatic carbocycles. The van der Waals surface area contributed by atoms with Crippen LogP contribution < -0.4 is 10.6 Å². The molecule has 1 aromatic rings. The van der Waals surface area contributed by atoms with Crippen LogP contribution in [-0.4, -0.2) is 54.2 Å². The number of aryl methyl sites for hydroxylation is 1. The van der Waals surface area contributed by atoms with Crippen molar-refractivity contribution in [1.82, 2.24) is 4.90 Å². The highest BCUT2D eigenvalue weighted by Crippen LogP contribution is 2.26. The molecule has 1 aromatic carbocycles. The standard InChI is InChI=1S/C16H26N4O/c1-12-5-4-6-13(15(17)18)14(12)20-9-7-19(8-10-20)11-16(2,3)21/h4-6,21H,7-11H2,1-3H3,(H3,17,18). The Morgan fingerprint density at radius 1 is 1.29 bits per heavy atom. The molecule has 21 heavy (non-hydrogen) atoms. The summed E-state index contributed by atoms with van der Waals surface area (Å²) >= 11 is 0. The number of nitrogens with one attached hydrogen (secondary N) is 1. The van der Waals surface area contributed by atoms with Crippen molar-refractivity contribution < 1.29 is 5.11 Å². The molecule has 1 saturated heterocycles. The minimum atomic E-state index is -0.657. The Hall–Kier alpha value is -1.59. The predicted octanol–water partition coefficient (Wildman–Crippen LogP) is 1.17. The van der Waals surface area contributed by atoms with Gasteiger partial charge < -0.3 is 15.7 Å². The van der Waals surface area contributed by atoms with Crippen LogP contribution in [0.5, 0.6) is 0 Å². The molecule has 0 spiro atoms. The van der Waals surface area contributed by atoms with Gasteiger partial charge in [-0.05, 0) is 32.4 Å². The first-order chi connectivity index (χ1) is 9.78. The molecule has 0 atom stereocenters. The van der Waals surface area contributed by atoms with Gasteiger partial charge in [0.2, 0.25) is 0 Å². The van der Waals surface area contributed by atoms with Crippen LogP contribution in [0.3, 0.4) is 0 Å². The van der Waals surface area contributed by atoms with Crippen LogP contribution in [0.25, 0.3) is 0 Å². The Morgan fingerprint density at radius 2 is 1.90 bits per heavy atom. The highest BCUT2D eigenvalue weighted by atomic mass is 16.3. The summed E-state index contributed by atoms with van der Waals surface area (Å²) in [6.07, 6.45) is 0. The number of hydrogen-bond donors (Lipinski definition) is 3. The fraction of sp³-hybridized carbons (Fsp3) is 0.562. The maximum Gasteiger partial charge on any atom is 0.124 e. The summed E-state index contributed by atoms with van der Waals surface area (Å²) in [5.41, 5.74) is 8.10. The SMILES string of the molecule is Cc1cccc(C(=N)N)c1N1CCN(CC(C)(C)O)CC1. The topological polar surface area (TPSA) is 76.6 Å². The summed E-state index contributed by atoms with van der Waals surface area (Å²) in [6, 6.07) is 5.92. The van der Waals surface area contributed by atoms with Crippen LogP contribution in [0, 0.1) is 12.3 Å². The van der Waals surface area contributed by atoms with Gasteiger partial charge in [-0.25, -0.2) is 0 Å². The Kier molecular flexibility index (Phi) is 4.54. The zero-order valence-electron chi connectivity index (χ0n) is 13.2. The van der Waals surface area contributed by atoms with E-state index in [1.165, 1.54) is 0 Å². The average Bonchev–Trinajstić information content (AvgIpc) is 2.37. The van der Waals surface area contributed by atoms with Crippen LogP contribution in [-0.2, 0) is 0 Å². The number of amidine groups is 1. The second-order valence-electron chi connectivity index (χ2n) is 6.46. The zero-order chi connectivity index (χ0) is 15.6. The largest absolute Gasteiger partial charge is 0.389 e. The van der Waals surface area contributed by atoms with Crippen molar-refractivity contribution in [3.8, 4) is 0 Å². The number of piperazine rings is 1. The normalized spacial score (nSPS) is 17.0. The third-order valence-electron chi connectivity index (χ3n) is 3.83. The Balaban J connectivity index is 2.11. The van der Waals surface area contributed by atoms with E-state index in [4.69, 9.17) is 11.1 Å². The molecular weight excluding hydrogens is 264 g/mol. The molecule has 0 radical (unpaired) electrons. The lowest BCUT2D eigenvalue weighted by Crippen LogP contribution is -2.51. The van der Waals surface area contributed by atoms with Gasteiger partial charge in [0.1, 0.15) is 5.84 Å². The number of rotatable bonds is 4. The van der Waals surface area contributed by atoms with Gasteiger partial charge in [0.15, 0.2) is 0 Å². The lowest BCUT2D eigenvalue weighted by atomic mass is 10.0. The summed E-state index contributed by atoms with van der Waals surface area (Å²) in [5, 5.41) is 17.7. The smallest absolute Gasteiger partial charge is 0.124 e. The molecular formula is C16H26N4O. The molecule has 5 heteroatoms. The van der Waals surface area contributed by atoms with Gasteiger partial charge in [0, 0.05) is 38.3 Å². The van der Waals surface area contributed by atoms with E-state index in [0.29, 0.717) is 6.54 Å². The average molecular weight is 290 g/mol. The summed E-state index contributed by atoms with van der Waals surface area (Å²) in [4.78, 5) is 4.58. The minimum Gasteiger partial charge on any atom is -0.389 e. The maximum absolute atomic E-state index is 9.91. The Labute approximate surface area is 126 Å². The molecule has 0 amide bonds. The molecule has 116 valence electrons. The fourth-order valence-corrected chi connectivity index (χ4v) is 2.97. The summed E-state index contributed by atoms with van der Waals surface area (Å²) in [6.45, 7) is 10.0. The molecule has 1 fully saturated rings. The molecule has 1 aliphatic rings. The highest BCUT2D eigenvalue weighted by Gasteiger charge is 2.24. The van der Waals surface area contributed by atoms with Gasteiger partial charge in [-0.1, -0.05) is 12.1 Å². The fourth-order valence-electron chi connectivity index (χ4n) is 2.97. The molecule has 0 unspecified atom stereocenters. The number of anilines is 1. The number of aliphatic hydroxyl groups is 1. The van der Waals surface area contributed by atoms with Crippen LogP contribution in [0.4, 0.5) is 5.69 Å². The second-order valence-corrected chi connectivity index (χ2v) is 6.46. The highest BCUT2D eigenvalue weighted by molar-refractivity contribution is 6.01. The van der Waals surface area contributed by atoms with E-state index in [0.717, 1.165) is 43.0 Å². The third kappa shape index (κ3) is 3.95. The van der Waals surface area contributed by atoms with Crippen LogP contribution in [0.2, 0.25) is 0 Å². The predicted molar refractivity (Wildman–Crippen MR) is 87.1 cm³/mol. The summed E-state index contributed by atoms with van der Waals surface area (Å²) in [5.74, 6) is 0.118. The van der Waals surface area contributed by atoms with Crippen molar-refractivity contribution in [3.63, 3.8) is 0 Å². The molecule has 0 aromatic heterocycles. The number of para-hydroxylation sites is 1. The quantitative estimate of drug-likeness (QED) is 0.575. The number of β-amino-alcohol motifs (C(OH)–C–C–N with tert-alkyl or cyclic N) is 1. The number of nitrogen functional groups attached to an aromatic ring is 1. The van der Waals surface area contributed by atoms with Gasteiger partial charge in [0.05, 0.1) is 11.3 Å². The van der Waals surface area contributed by atoms with E-state index in [2.05, 4.69) is 22.8 Å². The van der Waals surface area contributed by atoms with E-state index >= 15 is 0 Å². The lowest BCUT2D eigenvalue weighted by molar-refractivity contribution is 0.0345. The van der Waals surface area contributed by atoms with Crippen molar-refractivity contribution in [2.45, 2.75) is 26.4 Å². The molecule has 1 heterocycles. The monoisotopic (exact) mass is 290 g/mol. The first-order valence-electron chi connectivity index (χ1n) is 7.41. The first-order valence-corrected chi connectivity index (χ1v) is 7.41. The summed E-state index contributed by atoms with van der Waals surface area (Å²) in [7, 11) is 0. The second kappa shape index (κ2) is 6.03. The van der Waals surface area contributed by atoms with Crippen molar-refractivity contribution >= 4 is 11.5 Å². The Morgan fingerprint density at radius 3 is 2.43 bits per heavy atom. The number of nitrogens with two attached hydrogens (primary N) is 1. The van der Waals surface area contributed by atoms with Gasteiger partial charge in [0.25, 0.3) is 0 Å². The molecule has 4 N–H and O–H groups in total. The number of benzene rings is 1. The molecule has 0 saturated carbocycles. The minimum absolute atomic E-state index is 0.118. The van der Waals surface area contributed by atoms with Crippen molar-refractivity contribution in [3.05, 3.63) is 29.3 Å². The van der Waals surface area contributed by atoms with Gasteiger partial charge >= 0.3 is 0 Å². The van der Waals surface area contributed by atoms with E-state index in [-0.39, 0.29) is 5.84 Å². The molecule has 1 aliphatic heterocycles. The van der Waals surface area contributed by atoms with Crippen LogP contribution >= 0.6 is 0 Å². The first kappa shape index (κ1) is 15.8. The number of hydrogen-bond acceptors (Lipinski definition) is 4. The zero-order valence-corrected chi connectivity index (χ0v) is 13.2.